The van der Waals surface area contributed by atoms with Crippen LogP contribution in [0.3, 0.4) is 0 Å². The van der Waals surface area contributed by atoms with E-state index in [1.54, 1.807) is 6.07 Å². The predicted molar refractivity (Wildman–Crippen MR) is 73.1 cm³/mol. The van der Waals surface area contributed by atoms with Crippen molar-refractivity contribution in [3.05, 3.63) is 34.1 Å². The minimum atomic E-state index is -0.396. The molecule has 0 saturated heterocycles. The third-order valence-electron chi connectivity index (χ3n) is 2.65. The molecule has 0 aliphatic carbocycles. The highest BCUT2D eigenvalue weighted by Crippen LogP contribution is 2.20. The lowest BCUT2D eigenvalue weighted by Gasteiger charge is -2.19. The molecule has 0 aliphatic rings. The summed E-state index contributed by atoms with van der Waals surface area (Å²) < 4.78 is 19.0. The van der Waals surface area contributed by atoms with Crippen molar-refractivity contribution in [3.63, 3.8) is 0 Å². The molecule has 0 fully saturated rings. The van der Waals surface area contributed by atoms with Gasteiger partial charge in [-0.05, 0) is 30.5 Å². The molecule has 18 heavy (non-hydrogen) atoms. The molecule has 0 amide bonds. The van der Waals surface area contributed by atoms with E-state index >= 15 is 0 Å². The van der Waals surface area contributed by atoms with Crippen LogP contribution in [-0.4, -0.2) is 18.5 Å². The standard InChI is InChI=1S/C14H18BrFO2/c1-4-18-14(9(2)3)13(17)7-10-5-6-11(16)8-12(10)15/h5-6,8-9,14H,4,7H2,1-3H3. The molecule has 0 bridgehead atoms. The first kappa shape index (κ1) is 15.3. The molecule has 0 radical (unpaired) electrons. The van der Waals surface area contributed by atoms with Crippen LogP contribution >= 0.6 is 15.9 Å². The molecule has 0 saturated carbocycles. The van der Waals surface area contributed by atoms with Crippen LogP contribution < -0.4 is 0 Å². The van der Waals surface area contributed by atoms with Gasteiger partial charge in [0.1, 0.15) is 11.9 Å². The fraction of sp³-hybridized carbons (Fsp3) is 0.500. The number of benzene rings is 1. The van der Waals surface area contributed by atoms with Gasteiger partial charge in [-0.1, -0.05) is 35.8 Å². The van der Waals surface area contributed by atoms with Crippen molar-refractivity contribution >= 4 is 21.7 Å². The van der Waals surface area contributed by atoms with Gasteiger partial charge in [-0.2, -0.15) is 0 Å². The maximum Gasteiger partial charge on any atom is 0.166 e. The number of hydrogen-bond acceptors (Lipinski definition) is 2. The lowest BCUT2D eigenvalue weighted by Crippen LogP contribution is -2.31. The Hall–Kier alpha value is -0.740. The molecule has 1 unspecified atom stereocenters. The first-order valence-electron chi connectivity index (χ1n) is 6.04. The average molecular weight is 317 g/mol. The summed E-state index contributed by atoms with van der Waals surface area (Å²) in [5.41, 5.74) is 0.784. The Morgan fingerprint density at radius 2 is 2.11 bits per heavy atom. The Bertz CT molecular complexity index is 418. The zero-order valence-electron chi connectivity index (χ0n) is 10.9. The molecule has 1 atom stereocenters. The van der Waals surface area contributed by atoms with Crippen molar-refractivity contribution in [1.29, 1.82) is 0 Å². The summed E-state index contributed by atoms with van der Waals surface area (Å²) in [5, 5.41) is 0. The highest BCUT2D eigenvalue weighted by Gasteiger charge is 2.23. The van der Waals surface area contributed by atoms with Crippen LogP contribution in [0.2, 0.25) is 0 Å². The fourth-order valence-corrected chi connectivity index (χ4v) is 2.28. The van der Waals surface area contributed by atoms with E-state index in [-0.39, 0.29) is 23.9 Å². The van der Waals surface area contributed by atoms with E-state index in [0.717, 1.165) is 5.56 Å². The van der Waals surface area contributed by atoms with Crippen LogP contribution in [0, 0.1) is 11.7 Å². The molecule has 100 valence electrons. The van der Waals surface area contributed by atoms with Crippen molar-refractivity contribution in [2.24, 2.45) is 5.92 Å². The molecule has 1 aromatic rings. The van der Waals surface area contributed by atoms with E-state index in [9.17, 15) is 9.18 Å². The number of ether oxygens (including phenoxy) is 1. The zero-order valence-corrected chi connectivity index (χ0v) is 12.5. The maximum absolute atomic E-state index is 13.0. The molecule has 2 nitrogen and oxygen atoms in total. The van der Waals surface area contributed by atoms with E-state index in [0.29, 0.717) is 11.1 Å². The van der Waals surface area contributed by atoms with Gasteiger partial charge in [0.05, 0.1) is 0 Å². The number of carbonyl (C=O) groups excluding carboxylic acids is 1. The minimum absolute atomic E-state index is 0.0270. The number of rotatable bonds is 6. The molecule has 0 aromatic heterocycles. The van der Waals surface area contributed by atoms with Gasteiger partial charge in [0.2, 0.25) is 0 Å². The van der Waals surface area contributed by atoms with Gasteiger partial charge in [0.15, 0.2) is 5.78 Å². The summed E-state index contributed by atoms with van der Waals surface area (Å²) >= 11 is 3.27. The average Bonchev–Trinajstić information content (AvgIpc) is 2.29. The van der Waals surface area contributed by atoms with Crippen LogP contribution in [0.1, 0.15) is 26.3 Å². The Morgan fingerprint density at radius 3 is 2.61 bits per heavy atom. The monoisotopic (exact) mass is 316 g/mol. The van der Waals surface area contributed by atoms with Gasteiger partial charge in [-0.3, -0.25) is 4.79 Å². The van der Waals surface area contributed by atoms with Crippen LogP contribution in [0.25, 0.3) is 0 Å². The smallest absolute Gasteiger partial charge is 0.166 e. The summed E-state index contributed by atoms with van der Waals surface area (Å²) in [6, 6.07) is 4.35. The van der Waals surface area contributed by atoms with Gasteiger partial charge in [0, 0.05) is 17.5 Å². The first-order chi connectivity index (χ1) is 8.45. The molecule has 4 heteroatoms. The van der Waals surface area contributed by atoms with Crippen molar-refractivity contribution < 1.29 is 13.9 Å². The largest absolute Gasteiger partial charge is 0.370 e. The van der Waals surface area contributed by atoms with E-state index in [2.05, 4.69) is 15.9 Å². The van der Waals surface area contributed by atoms with Gasteiger partial charge in [-0.25, -0.2) is 4.39 Å². The van der Waals surface area contributed by atoms with E-state index in [4.69, 9.17) is 4.74 Å². The van der Waals surface area contributed by atoms with Gasteiger partial charge < -0.3 is 4.74 Å². The number of hydrogen-bond donors (Lipinski definition) is 0. The van der Waals surface area contributed by atoms with Crippen molar-refractivity contribution in [1.82, 2.24) is 0 Å². The molecular weight excluding hydrogens is 299 g/mol. The maximum atomic E-state index is 13.0. The molecule has 1 rings (SSSR count). The minimum Gasteiger partial charge on any atom is -0.370 e. The third-order valence-corrected chi connectivity index (χ3v) is 3.39. The Balaban J connectivity index is 2.79. The lowest BCUT2D eigenvalue weighted by atomic mass is 9.98. The van der Waals surface area contributed by atoms with E-state index in [1.807, 2.05) is 20.8 Å². The summed E-state index contributed by atoms with van der Waals surface area (Å²) in [4.78, 5) is 12.1. The van der Waals surface area contributed by atoms with Gasteiger partial charge >= 0.3 is 0 Å². The van der Waals surface area contributed by atoms with Crippen LogP contribution in [0.15, 0.2) is 22.7 Å². The lowest BCUT2D eigenvalue weighted by molar-refractivity contribution is -0.132. The quantitative estimate of drug-likeness (QED) is 0.798. The normalized spacial score (nSPS) is 12.8. The molecule has 1 aromatic carbocycles. The fourth-order valence-electron chi connectivity index (χ4n) is 1.79. The van der Waals surface area contributed by atoms with Crippen molar-refractivity contribution in [2.45, 2.75) is 33.3 Å². The summed E-state index contributed by atoms with van der Waals surface area (Å²) in [6.07, 6.45) is -0.143. The zero-order chi connectivity index (χ0) is 13.7. The summed E-state index contributed by atoms with van der Waals surface area (Å²) in [7, 11) is 0. The molecule has 0 spiro atoms. The van der Waals surface area contributed by atoms with Crippen LogP contribution in [-0.2, 0) is 16.0 Å². The number of Topliss-reactive ketones (excluding diaryl/α,β-unsaturated/α-hetero) is 1. The third kappa shape index (κ3) is 4.18. The van der Waals surface area contributed by atoms with E-state index in [1.165, 1.54) is 12.1 Å². The second-order valence-electron chi connectivity index (χ2n) is 4.50. The van der Waals surface area contributed by atoms with E-state index < -0.39 is 6.10 Å². The predicted octanol–water partition coefficient (Wildman–Crippen LogP) is 3.76. The Morgan fingerprint density at radius 1 is 1.44 bits per heavy atom. The molecule has 0 aliphatic heterocycles. The van der Waals surface area contributed by atoms with Crippen molar-refractivity contribution in [3.8, 4) is 0 Å². The highest BCUT2D eigenvalue weighted by atomic mass is 79.9. The highest BCUT2D eigenvalue weighted by molar-refractivity contribution is 9.10. The Kier molecular flexibility index (Phi) is 5.96. The SMILES string of the molecule is CCOC(C(=O)Cc1ccc(F)cc1Br)C(C)C. The number of ketones is 1. The summed E-state index contributed by atoms with van der Waals surface area (Å²) in [6.45, 7) is 6.30. The number of halogens is 2. The summed E-state index contributed by atoms with van der Waals surface area (Å²) in [5.74, 6) is -0.154. The number of carbonyl (C=O) groups is 1. The van der Waals surface area contributed by atoms with Crippen LogP contribution in [0.5, 0.6) is 0 Å². The van der Waals surface area contributed by atoms with Gasteiger partial charge in [-0.15, -0.1) is 0 Å². The molecule has 0 heterocycles. The van der Waals surface area contributed by atoms with Crippen molar-refractivity contribution in [2.75, 3.05) is 6.61 Å². The first-order valence-corrected chi connectivity index (χ1v) is 6.83. The molecule has 0 N–H and O–H groups in total. The Labute approximate surface area is 116 Å². The second kappa shape index (κ2) is 7.00. The van der Waals surface area contributed by atoms with Crippen LogP contribution in [0.4, 0.5) is 4.39 Å². The topological polar surface area (TPSA) is 26.3 Å². The second-order valence-corrected chi connectivity index (χ2v) is 5.35. The van der Waals surface area contributed by atoms with Gasteiger partial charge in [0.25, 0.3) is 0 Å². The molecular formula is C14H18BrFO2.